The van der Waals surface area contributed by atoms with Crippen molar-refractivity contribution in [3.63, 3.8) is 0 Å². The molecule has 0 aliphatic heterocycles. The van der Waals surface area contributed by atoms with Crippen molar-refractivity contribution in [1.29, 1.82) is 0 Å². The summed E-state index contributed by atoms with van der Waals surface area (Å²) in [5.41, 5.74) is 1.38. The zero-order valence-corrected chi connectivity index (χ0v) is 13.6. The summed E-state index contributed by atoms with van der Waals surface area (Å²) in [6.07, 6.45) is 13.3. The number of ether oxygens (including phenoxy) is 1. The first-order valence-electron chi connectivity index (χ1n) is 7.88. The average molecular weight is 284 g/mol. The molecule has 1 aromatic carbocycles. The molecule has 1 rings (SSSR count). The van der Waals surface area contributed by atoms with Crippen molar-refractivity contribution in [2.45, 2.75) is 52.1 Å². The van der Waals surface area contributed by atoms with Gasteiger partial charge in [0.05, 0.1) is 6.10 Å². The summed E-state index contributed by atoms with van der Waals surface area (Å²) in [4.78, 5) is 0. The van der Waals surface area contributed by atoms with Gasteiger partial charge in [-0.1, -0.05) is 62.9 Å². The van der Waals surface area contributed by atoms with Crippen LogP contribution < -0.4 is 4.74 Å². The van der Waals surface area contributed by atoms with Crippen LogP contribution in [-0.2, 0) is 0 Å². The normalized spacial score (nSPS) is 14.4. The van der Waals surface area contributed by atoms with E-state index in [1.807, 2.05) is 12.2 Å². The largest absolute Gasteiger partial charge is 0.491 e. The molecule has 0 spiro atoms. The number of rotatable bonds is 9. The fraction of sp³-hybridized carbons (Fsp3) is 0.400. The lowest BCUT2D eigenvalue weighted by molar-refractivity contribution is 0.212. The lowest BCUT2D eigenvalue weighted by atomic mass is 9.99. The Morgan fingerprint density at radius 1 is 1.10 bits per heavy atom. The Hall–Kier alpha value is -1.76. The lowest BCUT2D eigenvalue weighted by Crippen LogP contribution is -2.11. The number of hydrogen-bond donors (Lipinski definition) is 0. The molecule has 21 heavy (non-hydrogen) atoms. The van der Waals surface area contributed by atoms with Crippen molar-refractivity contribution >= 4 is 0 Å². The quantitative estimate of drug-likeness (QED) is 0.502. The van der Waals surface area contributed by atoms with Gasteiger partial charge in [-0.3, -0.25) is 0 Å². The molecule has 0 saturated carbocycles. The fourth-order valence-corrected chi connectivity index (χ4v) is 2.05. The first-order valence-corrected chi connectivity index (χ1v) is 7.88. The van der Waals surface area contributed by atoms with Crippen LogP contribution in [0.25, 0.3) is 0 Å². The van der Waals surface area contributed by atoms with E-state index in [4.69, 9.17) is 4.74 Å². The molecule has 0 fully saturated rings. The molecular formula is C20H28O. The predicted molar refractivity (Wildman–Crippen MR) is 92.9 cm³/mol. The molecule has 0 aromatic heterocycles. The van der Waals surface area contributed by atoms with Crippen LogP contribution in [0.3, 0.4) is 0 Å². The van der Waals surface area contributed by atoms with Crippen LogP contribution in [0, 0.1) is 0 Å². The Labute approximate surface area is 130 Å². The van der Waals surface area contributed by atoms with Gasteiger partial charge in [0.1, 0.15) is 5.75 Å². The molecule has 0 amide bonds. The summed E-state index contributed by atoms with van der Waals surface area (Å²) < 4.78 is 5.94. The van der Waals surface area contributed by atoms with E-state index >= 15 is 0 Å². The van der Waals surface area contributed by atoms with Crippen LogP contribution in [0.15, 0.2) is 61.2 Å². The van der Waals surface area contributed by atoms with Crippen LogP contribution in [0.2, 0.25) is 0 Å². The third-order valence-electron chi connectivity index (χ3n) is 3.63. The summed E-state index contributed by atoms with van der Waals surface area (Å²) >= 11 is 0. The zero-order valence-electron chi connectivity index (χ0n) is 13.6. The van der Waals surface area contributed by atoms with Gasteiger partial charge in [-0.25, -0.2) is 0 Å². The van der Waals surface area contributed by atoms with Crippen molar-refractivity contribution < 1.29 is 4.74 Å². The molecule has 0 N–H and O–H groups in total. The van der Waals surface area contributed by atoms with E-state index in [9.17, 15) is 0 Å². The summed E-state index contributed by atoms with van der Waals surface area (Å²) in [6, 6.07) is 8.52. The van der Waals surface area contributed by atoms with Gasteiger partial charge in [0.25, 0.3) is 0 Å². The molecule has 0 saturated heterocycles. The molecule has 1 aromatic rings. The molecule has 0 aliphatic carbocycles. The molecule has 0 radical (unpaired) electrons. The smallest absolute Gasteiger partial charge is 0.119 e. The second-order valence-electron chi connectivity index (χ2n) is 5.43. The third kappa shape index (κ3) is 6.99. The van der Waals surface area contributed by atoms with E-state index in [0.29, 0.717) is 5.92 Å². The summed E-state index contributed by atoms with van der Waals surface area (Å²) in [5.74, 6) is 1.58. The molecule has 1 nitrogen and oxygen atoms in total. The molecule has 2 atom stereocenters. The van der Waals surface area contributed by atoms with Crippen molar-refractivity contribution in [3.8, 4) is 5.75 Å². The molecule has 0 heterocycles. The Morgan fingerprint density at radius 3 is 2.43 bits per heavy atom. The third-order valence-corrected chi connectivity index (χ3v) is 3.63. The van der Waals surface area contributed by atoms with Gasteiger partial charge in [-0.15, -0.1) is 0 Å². The Balaban J connectivity index is 2.37. The van der Waals surface area contributed by atoms with Gasteiger partial charge in [0.15, 0.2) is 0 Å². The fourth-order valence-electron chi connectivity index (χ4n) is 2.05. The summed E-state index contributed by atoms with van der Waals surface area (Å²) in [5, 5.41) is 0. The van der Waals surface area contributed by atoms with Crippen LogP contribution in [0.5, 0.6) is 5.75 Å². The Bertz CT molecular complexity index is 453. The molecule has 0 aliphatic rings. The molecule has 0 bridgehead atoms. The predicted octanol–water partition coefficient (Wildman–Crippen LogP) is 6.05. The lowest BCUT2D eigenvalue weighted by Gasteiger charge is -2.15. The maximum Gasteiger partial charge on any atom is 0.119 e. The van der Waals surface area contributed by atoms with Gasteiger partial charge < -0.3 is 4.74 Å². The maximum absolute atomic E-state index is 5.94. The first-order chi connectivity index (χ1) is 10.2. The van der Waals surface area contributed by atoms with Crippen LogP contribution >= 0.6 is 0 Å². The molecular weight excluding hydrogens is 256 g/mol. The number of allylic oxidation sites excluding steroid dienone is 5. The van der Waals surface area contributed by atoms with E-state index in [0.717, 1.165) is 18.6 Å². The zero-order chi connectivity index (χ0) is 15.5. The highest BCUT2D eigenvalue weighted by molar-refractivity contribution is 5.29. The van der Waals surface area contributed by atoms with Crippen molar-refractivity contribution in [3.05, 3.63) is 66.8 Å². The van der Waals surface area contributed by atoms with Gasteiger partial charge in [0.2, 0.25) is 0 Å². The highest BCUT2D eigenvalue weighted by atomic mass is 16.5. The minimum atomic E-state index is 0.229. The molecule has 2 unspecified atom stereocenters. The topological polar surface area (TPSA) is 9.23 Å². The second kappa shape index (κ2) is 10.0. The van der Waals surface area contributed by atoms with Crippen LogP contribution in [0.1, 0.15) is 51.5 Å². The Morgan fingerprint density at radius 2 is 1.81 bits per heavy atom. The van der Waals surface area contributed by atoms with Crippen LogP contribution in [-0.4, -0.2) is 6.10 Å². The van der Waals surface area contributed by atoms with Crippen LogP contribution in [0.4, 0.5) is 0 Å². The van der Waals surface area contributed by atoms with E-state index < -0.39 is 0 Å². The van der Waals surface area contributed by atoms with E-state index in [2.05, 4.69) is 63.8 Å². The van der Waals surface area contributed by atoms with E-state index in [-0.39, 0.29) is 6.10 Å². The van der Waals surface area contributed by atoms with Gasteiger partial charge in [0, 0.05) is 0 Å². The maximum atomic E-state index is 5.94. The minimum Gasteiger partial charge on any atom is -0.491 e. The standard InChI is InChI=1S/C20H28O/c1-5-7-8-9-10-11-12-18(4)21-20-15-13-19(14-16-20)17(3)6-2/h5,7-10,13-18H,1,6,11-12H2,2-4H3/b8-7-,10-9+. The first kappa shape index (κ1) is 17.3. The van der Waals surface area contributed by atoms with E-state index in [1.54, 1.807) is 6.08 Å². The minimum absolute atomic E-state index is 0.229. The van der Waals surface area contributed by atoms with Crippen molar-refractivity contribution in [2.75, 3.05) is 0 Å². The second-order valence-corrected chi connectivity index (χ2v) is 5.43. The summed E-state index contributed by atoms with van der Waals surface area (Å²) in [7, 11) is 0. The number of hydrogen-bond acceptors (Lipinski definition) is 1. The highest BCUT2D eigenvalue weighted by Gasteiger charge is 2.05. The van der Waals surface area contributed by atoms with Crippen molar-refractivity contribution in [2.24, 2.45) is 0 Å². The average Bonchev–Trinajstić information content (AvgIpc) is 2.50. The van der Waals surface area contributed by atoms with Crippen molar-refractivity contribution in [1.82, 2.24) is 0 Å². The summed E-state index contributed by atoms with van der Waals surface area (Å²) in [6.45, 7) is 10.2. The highest BCUT2D eigenvalue weighted by Crippen LogP contribution is 2.22. The monoisotopic (exact) mass is 284 g/mol. The van der Waals surface area contributed by atoms with E-state index in [1.165, 1.54) is 12.0 Å². The van der Waals surface area contributed by atoms with Gasteiger partial charge in [-0.05, 0) is 49.8 Å². The Kier molecular flexibility index (Phi) is 8.27. The van der Waals surface area contributed by atoms with Gasteiger partial charge in [-0.2, -0.15) is 0 Å². The molecule has 1 heteroatoms. The number of benzene rings is 1. The van der Waals surface area contributed by atoms with Gasteiger partial charge >= 0.3 is 0 Å². The molecule has 114 valence electrons. The SMILES string of the molecule is C=C/C=C\C=C\CCC(C)Oc1ccc(C(C)CC)cc1.